The molecule has 3 heteroatoms. The third kappa shape index (κ3) is 1.93. The van der Waals surface area contributed by atoms with E-state index in [1.807, 2.05) is 42.5 Å². The van der Waals surface area contributed by atoms with Gasteiger partial charge >= 0.3 is 0 Å². The number of benzene rings is 2. The van der Waals surface area contributed by atoms with Gasteiger partial charge in [0.25, 0.3) is 0 Å². The minimum atomic E-state index is 0.715. The molecule has 16 heavy (non-hydrogen) atoms. The van der Waals surface area contributed by atoms with Crippen molar-refractivity contribution >= 4 is 11.4 Å². The van der Waals surface area contributed by atoms with Crippen LogP contribution in [0, 0.1) is 0 Å². The highest BCUT2D eigenvalue weighted by Crippen LogP contribution is 2.31. The molecule has 0 unspecified atom stereocenters. The molecule has 0 spiro atoms. The van der Waals surface area contributed by atoms with Crippen molar-refractivity contribution < 1.29 is 4.74 Å². The summed E-state index contributed by atoms with van der Waals surface area (Å²) in [5.41, 5.74) is 14.9. The van der Waals surface area contributed by atoms with Crippen LogP contribution in [0.4, 0.5) is 11.4 Å². The number of ether oxygens (including phenoxy) is 1. The van der Waals surface area contributed by atoms with Crippen molar-refractivity contribution in [3.63, 3.8) is 0 Å². The first-order valence-electron chi connectivity index (χ1n) is 5.00. The van der Waals surface area contributed by atoms with Crippen LogP contribution in [0.1, 0.15) is 0 Å². The highest BCUT2D eigenvalue weighted by Gasteiger charge is 2.05. The van der Waals surface area contributed by atoms with E-state index in [4.69, 9.17) is 16.2 Å². The lowest BCUT2D eigenvalue weighted by atomic mass is 10.0. The van der Waals surface area contributed by atoms with Crippen LogP contribution in [-0.4, -0.2) is 7.11 Å². The van der Waals surface area contributed by atoms with Crippen molar-refractivity contribution in [3.05, 3.63) is 42.5 Å². The zero-order valence-electron chi connectivity index (χ0n) is 9.10. The van der Waals surface area contributed by atoms with Crippen LogP contribution < -0.4 is 16.2 Å². The molecule has 0 aliphatic rings. The fourth-order valence-corrected chi connectivity index (χ4v) is 1.61. The SMILES string of the molecule is COc1ccc(N)cc1-c1ccc(N)cc1. The average molecular weight is 214 g/mol. The number of hydrogen-bond donors (Lipinski definition) is 2. The Balaban J connectivity index is 2.53. The summed E-state index contributed by atoms with van der Waals surface area (Å²) in [4.78, 5) is 0. The van der Waals surface area contributed by atoms with E-state index in [9.17, 15) is 0 Å². The standard InChI is InChI=1S/C13H14N2O/c1-16-13-7-6-11(15)8-12(13)9-2-4-10(14)5-3-9/h2-8H,14-15H2,1H3. The molecule has 0 saturated carbocycles. The van der Waals surface area contributed by atoms with Gasteiger partial charge in [0, 0.05) is 16.9 Å². The van der Waals surface area contributed by atoms with Gasteiger partial charge in [-0.2, -0.15) is 0 Å². The molecule has 0 aromatic heterocycles. The van der Waals surface area contributed by atoms with Gasteiger partial charge in [0.15, 0.2) is 0 Å². The summed E-state index contributed by atoms with van der Waals surface area (Å²) in [6.07, 6.45) is 0. The van der Waals surface area contributed by atoms with Gasteiger partial charge < -0.3 is 16.2 Å². The third-order valence-electron chi connectivity index (χ3n) is 2.45. The van der Waals surface area contributed by atoms with E-state index in [1.54, 1.807) is 7.11 Å². The Labute approximate surface area is 94.6 Å². The highest BCUT2D eigenvalue weighted by atomic mass is 16.5. The number of hydrogen-bond acceptors (Lipinski definition) is 3. The predicted octanol–water partition coefficient (Wildman–Crippen LogP) is 2.53. The van der Waals surface area contributed by atoms with Crippen LogP contribution in [0.5, 0.6) is 5.75 Å². The van der Waals surface area contributed by atoms with Crippen LogP contribution in [0.25, 0.3) is 11.1 Å². The minimum Gasteiger partial charge on any atom is -0.496 e. The molecule has 2 aromatic carbocycles. The van der Waals surface area contributed by atoms with E-state index in [0.29, 0.717) is 5.69 Å². The monoisotopic (exact) mass is 214 g/mol. The van der Waals surface area contributed by atoms with Crippen molar-refractivity contribution in [1.29, 1.82) is 0 Å². The molecule has 0 aliphatic carbocycles. The second-order valence-corrected chi connectivity index (χ2v) is 3.58. The lowest BCUT2D eigenvalue weighted by Crippen LogP contribution is -1.91. The Morgan fingerprint density at radius 2 is 1.50 bits per heavy atom. The van der Waals surface area contributed by atoms with Gasteiger partial charge in [-0.05, 0) is 35.9 Å². The third-order valence-corrected chi connectivity index (χ3v) is 2.45. The molecule has 0 fully saturated rings. The quantitative estimate of drug-likeness (QED) is 0.755. The topological polar surface area (TPSA) is 61.3 Å². The van der Waals surface area contributed by atoms with Gasteiger partial charge in [0.2, 0.25) is 0 Å². The number of methoxy groups -OCH3 is 1. The fourth-order valence-electron chi connectivity index (χ4n) is 1.61. The summed E-state index contributed by atoms with van der Waals surface area (Å²) in [5.74, 6) is 0.805. The number of anilines is 2. The molecular weight excluding hydrogens is 200 g/mol. The highest BCUT2D eigenvalue weighted by molar-refractivity contribution is 5.74. The Morgan fingerprint density at radius 3 is 2.12 bits per heavy atom. The molecule has 0 radical (unpaired) electrons. The smallest absolute Gasteiger partial charge is 0.126 e. The van der Waals surface area contributed by atoms with Crippen molar-refractivity contribution in [1.82, 2.24) is 0 Å². The fraction of sp³-hybridized carbons (Fsp3) is 0.0769. The van der Waals surface area contributed by atoms with Crippen molar-refractivity contribution in [3.8, 4) is 16.9 Å². The maximum absolute atomic E-state index is 5.77. The van der Waals surface area contributed by atoms with E-state index in [2.05, 4.69) is 0 Å². The zero-order valence-corrected chi connectivity index (χ0v) is 9.10. The summed E-state index contributed by atoms with van der Waals surface area (Å²) in [6, 6.07) is 13.2. The minimum absolute atomic E-state index is 0.715. The van der Waals surface area contributed by atoms with E-state index in [0.717, 1.165) is 22.6 Å². The van der Waals surface area contributed by atoms with E-state index < -0.39 is 0 Å². The normalized spacial score (nSPS) is 10.1. The molecule has 0 aliphatic heterocycles. The van der Waals surface area contributed by atoms with E-state index in [1.165, 1.54) is 0 Å². The molecule has 0 heterocycles. The molecule has 0 saturated heterocycles. The van der Waals surface area contributed by atoms with Crippen molar-refractivity contribution in [2.45, 2.75) is 0 Å². The van der Waals surface area contributed by atoms with E-state index in [-0.39, 0.29) is 0 Å². The molecule has 4 N–H and O–H groups in total. The summed E-state index contributed by atoms with van der Waals surface area (Å²) in [7, 11) is 1.65. The van der Waals surface area contributed by atoms with Crippen molar-refractivity contribution in [2.24, 2.45) is 0 Å². The van der Waals surface area contributed by atoms with Crippen LogP contribution in [0.2, 0.25) is 0 Å². The Morgan fingerprint density at radius 1 is 0.875 bits per heavy atom. The number of nitrogens with two attached hydrogens (primary N) is 2. The largest absolute Gasteiger partial charge is 0.496 e. The Hall–Kier alpha value is -2.16. The molecule has 2 rings (SSSR count). The summed E-state index contributed by atoms with van der Waals surface area (Å²) >= 11 is 0. The van der Waals surface area contributed by atoms with Gasteiger partial charge in [-0.3, -0.25) is 0 Å². The van der Waals surface area contributed by atoms with Crippen LogP contribution in [0.15, 0.2) is 42.5 Å². The molecule has 82 valence electrons. The van der Waals surface area contributed by atoms with Gasteiger partial charge in [-0.25, -0.2) is 0 Å². The van der Waals surface area contributed by atoms with Gasteiger partial charge in [0.1, 0.15) is 5.75 Å². The first-order valence-corrected chi connectivity index (χ1v) is 5.00. The van der Waals surface area contributed by atoms with Gasteiger partial charge in [-0.1, -0.05) is 12.1 Å². The first kappa shape index (κ1) is 10.4. The molecule has 0 atom stereocenters. The maximum atomic E-state index is 5.77. The molecule has 0 bridgehead atoms. The second kappa shape index (κ2) is 4.14. The number of nitrogen functional groups attached to an aromatic ring is 2. The maximum Gasteiger partial charge on any atom is 0.126 e. The summed E-state index contributed by atoms with van der Waals surface area (Å²) in [6.45, 7) is 0. The summed E-state index contributed by atoms with van der Waals surface area (Å²) < 4.78 is 5.30. The molecule has 2 aromatic rings. The van der Waals surface area contributed by atoms with Crippen molar-refractivity contribution in [2.75, 3.05) is 18.6 Å². The second-order valence-electron chi connectivity index (χ2n) is 3.58. The number of rotatable bonds is 2. The Kier molecular flexibility index (Phi) is 2.68. The van der Waals surface area contributed by atoms with Crippen LogP contribution in [0.3, 0.4) is 0 Å². The molecule has 3 nitrogen and oxygen atoms in total. The van der Waals surface area contributed by atoms with E-state index >= 15 is 0 Å². The summed E-state index contributed by atoms with van der Waals surface area (Å²) in [5, 5.41) is 0. The zero-order chi connectivity index (χ0) is 11.5. The average Bonchev–Trinajstić information content (AvgIpc) is 2.30. The van der Waals surface area contributed by atoms with Gasteiger partial charge in [0.05, 0.1) is 7.11 Å². The van der Waals surface area contributed by atoms with Crippen LogP contribution in [-0.2, 0) is 0 Å². The molecular formula is C13H14N2O. The van der Waals surface area contributed by atoms with Gasteiger partial charge in [-0.15, -0.1) is 0 Å². The molecule has 0 amide bonds. The first-order chi connectivity index (χ1) is 7.70. The van der Waals surface area contributed by atoms with Crippen LogP contribution >= 0.6 is 0 Å². The predicted molar refractivity (Wildman–Crippen MR) is 67.3 cm³/mol. The lowest BCUT2D eigenvalue weighted by molar-refractivity contribution is 0.416. The lowest BCUT2D eigenvalue weighted by Gasteiger charge is -2.09. The Bertz CT molecular complexity index is 492.